The van der Waals surface area contributed by atoms with Gasteiger partial charge in [0.15, 0.2) is 0 Å². The van der Waals surface area contributed by atoms with Gasteiger partial charge in [-0.25, -0.2) is 0 Å². The molecule has 1 fully saturated rings. The lowest BCUT2D eigenvalue weighted by Crippen LogP contribution is -2.45. The van der Waals surface area contributed by atoms with Crippen molar-refractivity contribution in [2.75, 3.05) is 53.1 Å². The Kier molecular flexibility index (Phi) is 8.44. The lowest BCUT2D eigenvalue weighted by Gasteiger charge is -2.32. The SMILES string of the molecule is COCCOCCCNC1CCN(CC(F)(F)F)CC1. The molecule has 1 N–H and O–H groups in total. The van der Waals surface area contributed by atoms with Crippen LogP contribution >= 0.6 is 0 Å². The number of methoxy groups -OCH3 is 1. The Bertz CT molecular complexity index is 244. The summed E-state index contributed by atoms with van der Waals surface area (Å²) in [6, 6.07) is 0.332. The molecule has 1 rings (SSSR count). The van der Waals surface area contributed by atoms with E-state index in [1.807, 2.05) is 0 Å². The Morgan fingerprint density at radius 2 is 1.85 bits per heavy atom. The van der Waals surface area contributed by atoms with Gasteiger partial charge in [-0.2, -0.15) is 13.2 Å². The van der Waals surface area contributed by atoms with E-state index in [4.69, 9.17) is 9.47 Å². The molecule has 1 aliphatic rings. The van der Waals surface area contributed by atoms with Gasteiger partial charge in [0.05, 0.1) is 19.8 Å². The molecule has 1 heterocycles. The van der Waals surface area contributed by atoms with Crippen LogP contribution in [0, 0.1) is 0 Å². The van der Waals surface area contributed by atoms with E-state index in [9.17, 15) is 13.2 Å². The van der Waals surface area contributed by atoms with Crippen LogP contribution in [-0.4, -0.2) is 70.2 Å². The summed E-state index contributed by atoms with van der Waals surface area (Å²) in [5, 5.41) is 3.38. The average molecular weight is 298 g/mol. The number of likely N-dealkylation sites (tertiary alicyclic amines) is 1. The van der Waals surface area contributed by atoms with E-state index in [-0.39, 0.29) is 0 Å². The minimum atomic E-state index is -4.08. The highest BCUT2D eigenvalue weighted by atomic mass is 19.4. The van der Waals surface area contributed by atoms with Crippen LogP contribution in [0.3, 0.4) is 0 Å². The lowest BCUT2D eigenvalue weighted by atomic mass is 10.1. The third kappa shape index (κ3) is 8.73. The summed E-state index contributed by atoms with van der Waals surface area (Å²) in [4.78, 5) is 1.48. The van der Waals surface area contributed by atoms with Gasteiger partial charge in [0, 0.05) is 19.8 Å². The molecule has 0 bridgehead atoms. The molecule has 0 aromatic heterocycles. The first-order valence-corrected chi connectivity index (χ1v) is 7.10. The maximum Gasteiger partial charge on any atom is 0.401 e. The van der Waals surface area contributed by atoms with Crippen molar-refractivity contribution < 1.29 is 22.6 Å². The fourth-order valence-corrected chi connectivity index (χ4v) is 2.27. The Morgan fingerprint density at radius 1 is 1.15 bits per heavy atom. The van der Waals surface area contributed by atoms with E-state index in [2.05, 4.69) is 5.32 Å². The number of nitrogens with zero attached hydrogens (tertiary/aromatic N) is 1. The first-order valence-electron chi connectivity index (χ1n) is 7.10. The number of alkyl halides is 3. The molecule has 0 unspecified atom stereocenters. The van der Waals surface area contributed by atoms with E-state index < -0.39 is 12.7 Å². The Morgan fingerprint density at radius 3 is 2.45 bits per heavy atom. The molecule has 0 saturated carbocycles. The number of nitrogens with one attached hydrogen (secondary N) is 1. The number of ether oxygens (including phenoxy) is 2. The Balaban J connectivity index is 1.97. The third-order valence-electron chi connectivity index (χ3n) is 3.32. The molecule has 0 aliphatic carbocycles. The fraction of sp³-hybridized carbons (Fsp3) is 1.00. The summed E-state index contributed by atoms with van der Waals surface area (Å²) in [6.07, 6.45) is -1.62. The van der Waals surface area contributed by atoms with Crippen molar-refractivity contribution in [1.82, 2.24) is 10.2 Å². The highest BCUT2D eigenvalue weighted by Gasteiger charge is 2.32. The molecule has 120 valence electrons. The van der Waals surface area contributed by atoms with Gasteiger partial charge in [-0.05, 0) is 38.9 Å². The minimum absolute atomic E-state index is 0.332. The normalized spacial score (nSPS) is 18.6. The van der Waals surface area contributed by atoms with Gasteiger partial charge in [-0.1, -0.05) is 0 Å². The second-order valence-electron chi connectivity index (χ2n) is 5.08. The van der Waals surface area contributed by atoms with Crippen molar-refractivity contribution in [2.24, 2.45) is 0 Å². The fourth-order valence-electron chi connectivity index (χ4n) is 2.27. The zero-order valence-corrected chi connectivity index (χ0v) is 12.0. The van der Waals surface area contributed by atoms with Gasteiger partial charge >= 0.3 is 6.18 Å². The Hall–Kier alpha value is -0.370. The smallest absolute Gasteiger partial charge is 0.382 e. The van der Waals surface area contributed by atoms with Crippen molar-refractivity contribution in [3.63, 3.8) is 0 Å². The second-order valence-corrected chi connectivity index (χ2v) is 5.08. The van der Waals surface area contributed by atoms with Crippen molar-refractivity contribution in [3.05, 3.63) is 0 Å². The van der Waals surface area contributed by atoms with Crippen LogP contribution in [0.25, 0.3) is 0 Å². The highest BCUT2D eigenvalue weighted by molar-refractivity contribution is 4.78. The first kappa shape index (κ1) is 17.7. The summed E-state index contributed by atoms with van der Waals surface area (Å²) in [6.45, 7) is 2.98. The third-order valence-corrected chi connectivity index (χ3v) is 3.32. The number of hydrogen-bond acceptors (Lipinski definition) is 4. The molecule has 0 atom stereocenters. The van der Waals surface area contributed by atoms with Crippen LogP contribution in [0.5, 0.6) is 0 Å². The molecule has 0 spiro atoms. The molecule has 1 saturated heterocycles. The Labute approximate surface area is 118 Å². The molecule has 1 aliphatic heterocycles. The minimum Gasteiger partial charge on any atom is -0.382 e. The maximum absolute atomic E-state index is 12.2. The van der Waals surface area contributed by atoms with Gasteiger partial charge in [0.2, 0.25) is 0 Å². The van der Waals surface area contributed by atoms with Crippen LogP contribution < -0.4 is 5.32 Å². The van der Waals surface area contributed by atoms with Crippen LogP contribution in [0.15, 0.2) is 0 Å². The highest BCUT2D eigenvalue weighted by Crippen LogP contribution is 2.19. The van der Waals surface area contributed by atoms with Gasteiger partial charge in [0.25, 0.3) is 0 Å². The van der Waals surface area contributed by atoms with Crippen molar-refractivity contribution >= 4 is 0 Å². The van der Waals surface area contributed by atoms with Crippen molar-refractivity contribution in [1.29, 1.82) is 0 Å². The lowest BCUT2D eigenvalue weighted by molar-refractivity contribution is -0.148. The zero-order chi connectivity index (χ0) is 14.8. The number of halogens is 3. The van der Waals surface area contributed by atoms with Crippen LogP contribution in [0.2, 0.25) is 0 Å². The summed E-state index contributed by atoms with van der Waals surface area (Å²) in [5.41, 5.74) is 0. The van der Waals surface area contributed by atoms with Gasteiger partial charge in [-0.15, -0.1) is 0 Å². The number of hydrogen-bond donors (Lipinski definition) is 1. The maximum atomic E-state index is 12.2. The molecule has 0 amide bonds. The average Bonchev–Trinajstić information content (AvgIpc) is 2.38. The van der Waals surface area contributed by atoms with Crippen molar-refractivity contribution in [3.8, 4) is 0 Å². The van der Waals surface area contributed by atoms with E-state index in [0.717, 1.165) is 25.8 Å². The zero-order valence-electron chi connectivity index (χ0n) is 12.0. The summed E-state index contributed by atoms with van der Waals surface area (Å²) in [7, 11) is 1.63. The first-order chi connectivity index (χ1) is 9.51. The van der Waals surface area contributed by atoms with Gasteiger partial charge < -0.3 is 14.8 Å². The topological polar surface area (TPSA) is 33.7 Å². The molecule has 0 aromatic rings. The second kappa shape index (κ2) is 9.55. The summed E-state index contributed by atoms with van der Waals surface area (Å²) in [5.74, 6) is 0. The van der Waals surface area contributed by atoms with Crippen LogP contribution in [0.4, 0.5) is 13.2 Å². The molecule has 4 nitrogen and oxygen atoms in total. The predicted octanol–water partition coefficient (Wildman–Crippen LogP) is 1.66. The van der Waals surface area contributed by atoms with E-state index in [1.165, 1.54) is 4.90 Å². The van der Waals surface area contributed by atoms with Gasteiger partial charge in [-0.3, -0.25) is 4.90 Å². The largest absolute Gasteiger partial charge is 0.401 e. The van der Waals surface area contributed by atoms with Gasteiger partial charge in [0.1, 0.15) is 0 Å². The number of piperidine rings is 1. The van der Waals surface area contributed by atoms with E-state index in [1.54, 1.807) is 7.11 Å². The molecular formula is C13H25F3N2O2. The molecule has 20 heavy (non-hydrogen) atoms. The molecule has 7 heteroatoms. The predicted molar refractivity (Wildman–Crippen MR) is 70.8 cm³/mol. The molecule has 0 aromatic carbocycles. The van der Waals surface area contributed by atoms with Crippen molar-refractivity contribution in [2.45, 2.75) is 31.5 Å². The van der Waals surface area contributed by atoms with Crippen LogP contribution in [-0.2, 0) is 9.47 Å². The monoisotopic (exact) mass is 298 g/mol. The van der Waals surface area contributed by atoms with E-state index >= 15 is 0 Å². The van der Waals surface area contributed by atoms with Crippen LogP contribution in [0.1, 0.15) is 19.3 Å². The molecule has 0 radical (unpaired) electrons. The number of rotatable bonds is 9. The summed E-state index contributed by atoms with van der Waals surface area (Å²) >= 11 is 0. The quantitative estimate of drug-likeness (QED) is 0.656. The van der Waals surface area contributed by atoms with E-state index in [0.29, 0.717) is 39.0 Å². The standard InChI is InChI=1S/C13H25F3N2O2/c1-19-9-10-20-8-2-5-17-12-3-6-18(7-4-12)11-13(14,15)16/h12,17H,2-11H2,1H3. The molecular weight excluding hydrogens is 273 g/mol. The summed E-state index contributed by atoms with van der Waals surface area (Å²) < 4.78 is 46.9.